The lowest BCUT2D eigenvalue weighted by molar-refractivity contribution is 0.464. The molecule has 0 fully saturated rings. The minimum atomic E-state index is 0.143. The van der Waals surface area contributed by atoms with Gasteiger partial charge in [0.2, 0.25) is 5.88 Å². The summed E-state index contributed by atoms with van der Waals surface area (Å²) in [7, 11) is 0. The third-order valence-corrected chi connectivity index (χ3v) is 2.70. The standard InChI is InChI=1S/C12H7Cl2N3O/c13-9-5-10(14)12(17-11(9)16)18-8-3-1-7(6-15)2-4-8/h1-5H,(H2,16,17). The molecule has 1 aromatic carbocycles. The maximum atomic E-state index is 8.67. The highest BCUT2D eigenvalue weighted by Crippen LogP contribution is 2.32. The Morgan fingerprint density at radius 2 is 1.83 bits per heavy atom. The Morgan fingerprint density at radius 1 is 1.17 bits per heavy atom. The molecule has 2 aromatic rings. The second-order valence-electron chi connectivity index (χ2n) is 3.38. The number of benzene rings is 1. The van der Waals surface area contributed by atoms with Gasteiger partial charge in [-0.05, 0) is 30.3 Å². The van der Waals surface area contributed by atoms with E-state index in [4.69, 9.17) is 38.9 Å². The fourth-order valence-corrected chi connectivity index (χ4v) is 1.64. The van der Waals surface area contributed by atoms with Gasteiger partial charge in [0.25, 0.3) is 0 Å². The molecule has 0 amide bonds. The van der Waals surface area contributed by atoms with Crippen LogP contribution in [0.25, 0.3) is 0 Å². The van der Waals surface area contributed by atoms with Gasteiger partial charge in [0.05, 0.1) is 16.7 Å². The monoisotopic (exact) mass is 279 g/mol. The molecule has 2 N–H and O–H groups in total. The lowest BCUT2D eigenvalue weighted by Gasteiger charge is -2.08. The van der Waals surface area contributed by atoms with Crippen LogP contribution in [0.4, 0.5) is 5.82 Å². The van der Waals surface area contributed by atoms with E-state index in [0.717, 1.165) is 0 Å². The van der Waals surface area contributed by atoms with Gasteiger partial charge >= 0.3 is 0 Å². The molecule has 1 aromatic heterocycles. The number of nitrogens with zero attached hydrogens (tertiary/aromatic N) is 2. The molecule has 2 rings (SSSR count). The van der Waals surface area contributed by atoms with E-state index in [1.807, 2.05) is 6.07 Å². The van der Waals surface area contributed by atoms with Crippen molar-refractivity contribution in [3.63, 3.8) is 0 Å². The predicted molar refractivity (Wildman–Crippen MR) is 69.9 cm³/mol. The zero-order chi connectivity index (χ0) is 13.1. The molecule has 18 heavy (non-hydrogen) atoms. The Kier molecular flexibility index (Phi) is 3.56. The Bertz CT molecular complexity index is 620. The van der Waals surface area contributed by atoms with Crippen molar-refractivity contribution in [1.29, 1.82) is 5.26 Å². The minimum absolute atomic E-state index is 0.143. The molecule has 0 radical (unpaired) electrons. The largest absolute Gasteiger partial charge is 0.437 e. The molecule has 0 aliphatic heterocycles. The fourth-order valence-electron chi connectivity index (χ4n) is 1.24. The summed E-state index contributed by atoms with van der Waals surface area (Å²) in [5.74, 6) is 0.818. The maximum Gasteiger partial charge on any atom is 0.240 e. The summed E-state index contributed by atoms with van der Waals surface area (Å²) in [5.41, 5.74) is 6.10. The first-order valence-electron chi connectivity index (χ1n) is 4.89. The van der Waals surface area contributed by atoms with Gasteiger partial charge in [0.1, 0.15) is 16.6 Å². The Balaban J connectivity index is 2.28. The normalized spacial score (nSPS) is 9.83. The van der Waals surface area contributed by atoms with Gasteiger partial charge in [-0.1, -0.05) is 23.2 Å². The van der Waals surface area contributed by atoms with Crippen molar-refractivity contribution in [3.05, 3.63) is 45.9 Å². The highest BCUT2D eigenvalue weighted by Gasteiger charge is 2.09. The van der Waals surface area contributed by atoms with E-state index in [0.29, 0.717) is 11.3 Å². The number of aromatic nitrogens is 1. The summed E-state index contributed by atoms with van der Waals surface area (Å²) in [6.45, 7) is 0. The Labute approximate surface area is 114 Å². The number of rotatable bonds is 2. The molecule has 4 nitrogen and oxygen atoms in total. The van der Waals surface area contributed by atoms with Gasteiger partial charge in [-0.2, -0.15) is 10.2 Å². The lowest BCUT2D eigenvalue weighted by Crippen LogP contribution is -1.95. The predicted octanol–water partition coefficient (Wildman–Crippen LogP) is 3.63. The zero-order valence-electron chi connectivity index (χ0n) is 9.02. The highest BCUT2D eigenvalue weighted by atomic mass is 35.5. The summed E-state index contributed by atoms with van der Waals surface area (Å²) in [6.07, 6.45) is 0. The molecule has 1 heterocycles. The van der Waals surface area contributed by atoms with Gasteiger partial charge in [-0.3, -0.25) is 0 Å². The number of hydrogen-bond acceptors (Lipinski definition) is 4. The van der Waals surface area contributed by atoms with Crippen LogP contribution in [0, 0.1) is 11.3 Å². The molecule has 6 heteroatoms. The number of ether oxygens (including phenoxy) is 1. The van der Waals surface area contributed by atoms with E-state index in [-0.39, 0.29) is 21.7 Å². The van der Waals surface area contributed by atoms with Crippen molar-refractivity contribution < 1.29 is 4.74 Å². The third kappa shape index (κ3) is 2.65. The number of halogens is 2. The van der Waals surface area contributed by atoms with Crippen LogP contribution in [0.1, 0.15) is 5.56 Å². The van der Waals surface area contributed by atoms with Gasteiger partial charge in [-0.25, -0.2) is 0 Å². The first-order valence-corrected chi connectivity index (χ1v) is 5.65. The van der Waals surface area contributed by atoms with Gasteiger partial charge in [0, 0.05) is 0 Å². The van der Waals surface area contributed by atoms with Crippen LogP contribution in [0.15, 0.2) is 30.3 Å². The maximum absolute atomic E-state index is 8.67. The van der Waals surface area contributed by atoms with Gasteiger partial charge < -0.3 is 10.5 Å². The second kappa shape index (κ2) is 5.13. The Hall–Kier alpha value is -1.96. The van der Waals surface area contributed by atoms with Crippen LogP contribution in [-0.4, -0.2) is 4.98 Å². The van der Waals surface area contributed by atoms with Gasteiger partial charge in [0.15, 0.2) is 0 Å². The van der Waals surface area contributed by atoms with Crippen LogP contribution >= 0.6 is 23.2 Å². The van der Waals surface area contributed by atoms with Crippen molar-refractivity contribution in [1.82, 2.24) is 4.98 Å². The average molecular weight is 280 g/mol. The van der Waals surface area contributed by atoms with Crippen LogP contribution in [0.3, 0.4) is 0 Å². The van der Waals surface area contributed by atoms with E-state index in [2.05, 4.69) is 4.98 Å². The van der Waals surface area contributed by atoms with Crippen LogP contribution < -0.4 is 10.5 Å². The fraction of sp³-hybridized carbons (Fsp3) is 0. The summed E-state index contributed by atoms with van der Waals surface area (Å²) in [5, 5.41) is 9.21. The molecule has 0 unspecified atom stereocenters. The van der Waals surface area contributed by atoms with Crippen molar-refractivity contribution >= 4 is 29.0 Å². The molecular formula is C12H7Cl2N3O. The molecule has 0 atom stereocenters. The van der Waals surface area contributed by atoms with E-state index < -0.39 is 0 Å². The SMILES string of the molecule is N#Cc1ccc(Oc2nc(N)c(Cl)cc2Cl)cc1. The topological polar surface area (TPSA) is 71.9 Å². The summed E-state index contributed by atoms with van der Waals surface area (Å²) in [4.78, 5) is 3.94. The molecule has 0 aliphatic rings. The summed E-state index contributed by atoms with van der Waals surface area (Å²) >= 11 is 11.7. The quantitative estimate of drug-likeness (QED) is 0.911. The summed E-state index contributed by atoms with van der Waals surface area (Å²) < 4.78 is 5.45. The van der Waals surface area contributed by atoms with Crippen LogP contribution in [0.5, 0.6) is 11.6 Å². The first kappa shape index (κ1) is 12.5. The van der Waals surface area contributed by atoms with Crippen molar-refractivity contribution in [3.8, 4) is 17.7 Å². The van der Waals surface area contributed by atoms with E-state index in [9.17, 15) is 0 Å². The number of nitrogens with two attached hydrogens (primary N) is 1. The van der Waals surface area contributed by atoms with Crippen molar-refractivity contribution in [2.45, 2.75) is 0 Å². The van der Waals surface area contributed by atoms with Crippen molar-refractivity contribution in [2.24, 2.45) is 0 Å². The number of nitrogen functional groups attached to an aromatic ring is 1. The van der Waals surface area contributed by atoms with Crippen LogP contribution in [0.2, 0.25) is 10.0 Å². The first-order chi connectivity index (χ1) is 8.60. The zero-order valence-corrected chi connectivity index (χ0v) is 10.5. The molecule has 0 aliphatic carbocycles. The number of hydrogen-bond donors (Lipinski definition) is 1. The van der Waals surface area contributed by atoms with Gasteiger partial charge in [-0.15, -0.1) is 0 Å². The molecule has 0 saturated carbocycles. The highest BCUT2D eigenvalue weighted by molar-refractivity contribution is 6.36. The molecule has 0 spiro atoms. The number of anilines is 1. The van der Waals surface area contributed by atoms with E-state index >= 15 is 0 Å². The smallest absolute Gasteiger partial charge is 0.240 e. The number of nitriles is 1. The Morgan fingerprint density at radius 3 is 2.44 bits per heavy atom. The van der Waals surface area contributed by atoms with E-state index in [1.165, 1.54) is 6.07 Å². The molecular weight excluding hydrogens is 273 g/mol. The van der Waals surface area contributed by atoms with Crippen LogP contribution in [-0.2, 0) is 0 Å². The lowest BCUT2D eigenvalue weighted by atomic mass is 10.2. The molecule has 90 valence electrons. The summed E-state index contributed by atoms with van der Waals surface area (Å²) in [6, 6.07) is 10.0. The average Bonchev–Trinajstić information content (AvgIpc) is 2.37. The van der Waals surface area contributed by atoms with Crippen molar-refractivity contribution in [2.75, 3.05) is 5.73 Å². The van der Waals surface area contributed by atoms with E-state index in [1.54, 1.807) is 24.3 Å². The molecule has 0 saturated heterocycles. The minimum Gasteiger partial charge on any atom is -0.437 e. The second-order valence-corrected chi connectivity index (χ2v) is 4.20. The molecule has 0 bridgehead atoms. The third-order valence-electron chi connectivity index (χ3n) is 2.12. The number of pyridine rings is 1.